The zero-order valence-corrected chi connectivity index (χ0v) is 13.5. The maximum absolute atomic E-state index is 10.7. The zero-order chi connectivity index (χ0) is 14.8. The van der Waals surface area contributed by atoms with Gasteiger partial charge in [0, 0.05) is 21.2 Å². The quantitative estimate of drug-likeness (QED) is 0.522. The summed E-state index contributed by atoms with van der Waals surface area (Å²) in [6.45, 7) is 0. The van der Waals surface area contributed by atoms with Crippen LogP contribution in [0, 0.1) is 3.57 Å². The van der Waals surface area contributed by atoms with Crippen molar-refractivity contribution in [3.05, 3.63) is 51.2 Å². The van der Waals surface area contributed by atoms with Gasteiger partial charge in [0.15, 0.2) is 4.96 Å². The van der Waals surface area contributed by atoms with Gasteiger partial charge in [-0.25, -0.2) is 4.79 Å². The first kappa shape index (κ1) is 14.1. The third-order valence-electron chi connectivity index (χ3n) is 2.66. The molecule has 0 aliphatic rings. The second kappa shape index (κ2) is 5.86. The van der Waals surface area contributed by atoms with E-state index < -0.39 is 5.97 Å². The Bertz CT molecular complexity index is 838. The number of aromatic nitrogens is 2. The molecule has 0 spiro atoms. The molecular weight excluding hydrogens is 403 g/mol. The zero-order valence-electron chi connectivity index (χ0n) is 10.6. The fourth-order valence-corrected chi connectivity index (χ4v) is 3.03. The first-order valence-electron chi connectivity index (χ1n) is 5.93. The molecule has 2 aromatic heterocycles. The van der Waals surface area contributed by atoms with E-state index in [9.17, 15) is 4.79 Å². The largest absolute Gasteiger partial charge is 0.478 e. The third kappa shape index (κ3) is 3.08. The van der Waals surface area contributed by atoms with Crippen LogP contribution in [0.5, 0.6) is 11.6 Å². The molecule has 0 aliphatic carbocycles. The first-order chi connectivity index (χ1) is 10.1. The van der Waals surface area contributed by atoms with Gasteiger partial charge in [0.2, 0.25) is 5.88 Å². The van der Waals surface area contributed by atoms with Gasteiger partial charge in [-0.3, -0.25) is 4.40 Å². The Balaban J connectivity index is 2.03. The first-order valence-corrected chi connectivity index (χ1v) is 7.89. The highest BCUT2D eigenvalue weighted by molar-refractivity contribution is 14.1. The van der Waals surface area contributed by atoms with E-state index in [0.717, 1.165) is 14.6 Å². The minimum Gasteiger partial charge on any atom is -0.478 e. The van der Waals surface area contributed by atoms with Crippen LogP contribution >= 0.6 is 33.9 Å². The van der Waals surface area contributed by atoms with Gasteiger partial charge in [-0.05, 0) is 46.9 Å². The van der Waals surface area contributed by atoms with Crippen molar-refractivity contribution in [1.29, 1.82) is 0 Å². The van der Waals surface area contributed by atoms with E-state index in [2.05, 4.69) is 27.6 Å². The molecule has 0 saturated carbocycles. The Kier molecular flexibility index (Phi) is 3.93. The van der Waals surface area contributed by atoms with Crippen LogP contribution in [0.3, 0.4) is 0 Å². The summed E-state index contributed by atoms with van der Waals surface area (Å²) < 4.78 is 8.64. The standard InChI is InChI=1S/C14H9IN2O3S/c15-9-2-1-3-10(8-9)20-13-11(4-5-12(18)19)17-6-7-21-14(17)16-13/h1-8H,(H,18,19)/b5-4+. The van der Waals surface area contributed by atoms with E-state index in [0.29, 0.717) is 17.3 Å². The molecule has 1 N–H and O–H groups in total. The van der Waals surface area contributed by atoms with Gasteiger partial charge in [-0.2, -0.15) is 4.98 Å². The second-order valence-electron chi connectivity index (χ2n) is 4.09. The molecular formula is C14H9IN2O3S. The van der Waals surface area contributed by atoms with Gasteiger partial charge in [-0.1, -0.05) is 6.07 Å². The normalized spacial score (nSPS) is 11.3. The smallest absolute Gasteiger partial charge is 0.328 e. The molecule has 0 aliphatic heterocycles. The number of carboxylic acid groups (broad SMARTS) is 1. The molecule has 106 valence electrons. The molecule has 0 bridgehead atoms. The van der Waals surface area contributed by atoms with Crippen LogP contribution in [0.2, 0.25) is 0 Å². The molecule has 3 rings (SSSR count). The van der Waals surface area contributed by atoms with E-state index in [1.54, 1.807) is 4.40 Å². The molecule has 7 heteroatoms. The van der Waals surface area contributed by atoms with E-state index in [1.807, 2.05) is 35.8 Å². The Morgan fingerprint density at radius 2 is 2.33 bits per heavy atom. The van der Waals surface area contributed by atoms with Crippen LogP contribution in [-0.2, 0) is 4.79 Å². The van der Waals surface area contributed by atoms with Crippen LogP contribution in [0.4, 0.5) is 0 Å². The average Bonchev–Trinajstić information content (AvgIpc) is 2.97. The van der Waals surface area contributed by atoms with Crippen LogP contribution in [0.15, 0.2) is 41.9 Å². The Hall–Kier alpha value is -1.87. The maximum Gasteiger partial charge on any atom is 0.328 e. The predicted molar refractivity (Wildman–Crippen MR) is 89.0 cm³/mol. The molecule has 5 nitrogen and oxygen atoms in total. The summed E-state index contributed by atoms with van der Waals surface area (Å²) >= 11 is 3.66. The van der Waals surface area contributed by atoms with Crippen molar-refractivity contribution in [3.63, 3.8) is 0 Å². The monoisotopic (exact) mass is 412 g/mol. The second-order valence-corrected chi connectivity index (χ2v) is 6.21. The lowest BCUT2D eigenvalue weighted by molar-refractivity contribution is -0.131. The molecule has 0 radical (unpaired) electrons. The predicted octanol–water partition coefficient (Wildman–Crippen LogP) is 3.89. The highest BCUT2D eigenvalue weighted by Crippen LogP contribution is 2.29. The summed E-state index contributed by atoms with van der Waals surface area (Å²) in [5.41, 5.74) is 0.604. The summed E-state index contributed by atoms with van der Waals surface area (Å²) in [6.07, 6.45) is 4.39. The number of aliphatic carboxylic acids is 1. The molecule has 0 amide bonds. The number of halogens is 1. The van der Waals surface area contributed by atoms with Gasteiger partial charge < -0.3 is 9.84 Å². The summed E-state index contributed by atoms with van der Waals surface area (Å²) in [6, 6.07) is 7.58. The number of carbonyl (C=O) groups is 1. The Labute approximate surface area is 137 Å². The fraction of sp³-hybridized carbons (Fsp3) is 0. The molecule has 0 fully saturated rings. The van der Waals surface area contributed by atoms with Crippen molar-refractivity contribution in [1.82, 2.24) is 9.38 Å². The molecule has 21 heavy (non-hydrogen) atoms. The number of imidazole rings is 1. The highest BCUT2D eigenvalue weighted by Gasteiger charge is 2.13. The Morgan fingerprint density at radius 1 is 1.48 bits per heavy atom. The van der Waals surface area contributed by atoms with E-state index in [-0.39, 0.29) is 0 Å². The number of hydrogen-bond acceptors (Lipinski definition) is 4. The molecule has 3 aromatic rings. The van der Waals surface area contributed by atoms with Crippen LogP contribution in [0.1, 0.15) is 5.69 Å². The number of thiazole rings is 1. The number of nitrogens with zero attached hydrogens (tertiary/aromatic N) is 2. The number of benzene rings is 1. The lowest BCUT2D eigenvalue weighted by Crippen LogP contribution is -1.91. The molecule has 0 saturated heterocycles. The lowest BCUT2D eigenvalue weighted by atomic mass is 10.3. The van der Waals surface area contributed by atoms with Gasteiger partial charge >= 0.3 is 5.97 Å². The van der Waals surface area contributed by atoms with Crippen molar-refractivity contribution >= 4 is 50.9 Å². The average molecular weight is 412 g/mol. The number of ether oxygens (including phenoxy) is 1. The summed E-state index contributed by atoms with van der Waals surface area (Å²) in [5, 5.41) is 10.7. The topological polar surface area (TPSA) is 63.8 Å². The van der Waals surface area contributed by atoms with Crippen molar-refractivity contribution < 1.29 is 14.6 Å². The van der Waals surface area contributed by atoms with Crippen molar-refractivity contribution in [2.24, 2.45) is 0 Å². The molecule has 0 unspecified atom stereocenters. The van der Waals surface area contributed by atoms with E-state index >= 15 is 0 Å². The number of rotatable bonds is 4. The summed E-state index contributed by atoms with van der Waals surface area (Å²) in [5.74, 6) is 0.0411. The lowest BCUT2D eigenvalue weighted by Gasteiger charge is -2.04. The fourth-order valence-electron chi connectivity index (χ4n) is 1.80. The van der Waals surface area contributed by atoms with Crippen molar-refractivity contribution in [3.8, 4) is 11.6 Å². The van der Waals surface area contributed by atoms with Crippen LogP contribution in [0.25, 0.3) is 11.0 Å². The minimum atomic E-state index is -1.01. The van der Waals surface area contributed by atoms with E-state index in [4.69, 9.17) is 9.84 Å². The van der Waals surface area contributed by atoms with Crippen LogP contribution in [-0.4, -0.2) is 20.5 Å². The van der Waals surface area contributed by atoms with E-state index in [1.165, 1.54) is 17.4 Å². The van der Waals surface area contributed by atoms with Gasteiger partial charge in [0.1, 0.15) is 11.4 Å². The number of fused-ring (bicyclic) bond motifs is 1. The minimum absolute atomic E-state index is 0.390. The third-order valence-corrected chi connectivity index (χ3v) is 4.09. The van der Waals surface area contributed by atoms with Gasteiger partial charge in [-0.15, -0.1) is 11.3 Å². The van der Waals surface area contributed by atoms with Gasteiger partial charge in [0.05, 0.1) is 0 Å². The van der Waals surface area contributed by atoms with Crippen molar-refractivity contribution in [2.45, 2.75) is 0 Å². The Morgan fingerprint density at radius 3 is 3.10 bits per heavy atom. The van der Waals surface area contributed by atoms with Crippen LogP contribution < -0.4 is 4.74 Å². The van der Waals surface area contributed by atoms with Gasteiger partial charge in [0.25, 0.3) is 0 Å². The number of carboxylic acids is 1. The highest BCUT2D eigenvalue weighted by atomic mass is 127. The maximum atomic E-state index is 10.7. The number of hydrogen-bond donors (Lipinski definition) is 1. The molecule has 1 aromatic carbocycles. The summed E-state index contributed by atoms with van der Waals surface area (Å²) in [4.78, 5) is 15.9. The molecule has 0 atom stereocenters. The van der Waals surface area contributed by atoms with Crippen molar-refractivity contribution in [2.75, 3.05) is 0 Å². The summed E-state index contributed by atoms with van der Waals surface area (Å²) in [7, 11) is 0. The molecule has 2 heterocycles. The SMILES string of the molecule is O=C(O)/C=C/c1c(Oc2cccc(I)c2)nc2sccn12.